The van der Waals surface area contributed by atoms with E-state index in [-0.39, 0.29) is 0 Å². The molecule has 1 aromatic heterocycles. The Kier molecular flexibility index (Phi) is 5.19. The van der Waals surface area contributed by atoms with Crippen molar-refractivity contribution < 1.29 is 4.42 Å². The first kappa shape index (κ1) is 12.1. The van der Waals surface area contributed by atoms with Gasteiger partial charge in [0, 0.05) is 6.54 Å². The third-order valence-corrected chi connectivity index (χ3v) is 2.37. The highest BCUT2D eigenvalue weighted by atomic mass is 16.3. The Morgan fingerprint density at radius 1 is 1.53 bits per heavy atom. The van der Waals surface area contributed by atoms with Crippen molar-refractivity contribution in [3.8, 4) is 0 Å². The highest BCUT2D eigenvalue weighted by Gasteiger charge is 2.03. The zero-order chi connectivity index (χ0) is 11.1. The van der Waals surface area contributed by atoms with E-state index in [2.05, 4.69) is 32.2 Å². The molecule has 0 saturated heterocycles. The van der Waals surface area contributed by atoms with Crippen molar-refractivity contribution in [3.63, 3.8) is 0 Å². The molecule has 1 aromatic rings. The number of hydrogen-bond donors (Lipinski definition) is 1. The van der Waals surface area contributed by atoms with Crippen LogP contribution in [0, 0.1) is 5.92 Å². The zero-order valence-electron chi connectivity index (χ0n) is 9.92. The molecule has 1 heterocycles. The lowest BCUT2D eigenvalue weighted by Gasteiger charge is -2.11. The molecule has 0 spiro atoms. The molecule has 1 rings (SSSR count). The Hall–Kier alpha value is -1.02. The van der Waals surface area contributed by atoms with E-state index in [1.54, 1.807) is 6.26 Å². The molecule has 0 aromatic carbocycles. The highest BCUT2D eigenvalue weighted by Crippen LogP contribution is 2.14. The average Bonchev–Trinajstić information content (AvgIpc) is 2.69. The fourth-order valence-electron chi connectivity index (χ4n) is 1.39. The molecule has 0 fully saturated rings. The highest BCUT2D eigenvalue weighted by molar-refractivity contribution is 5.48. The van der Waals surface area contributed by atoms with E-state index in [0.29, 0.717) is 5.92 Å². The second-order valence-corrected chi connectivity index (χ2v) is 4.07. The summed E-state index contributed by atoms with van der Waals surface area (Å²) in [7, 11) is 0. The maximum atomic E-state index is 5.32. The average molecular weight is 207 g/mol. The minimum Gasteiger partial charge on any atom is -0.465 e. The Balaban J connectivity index is 2.57. The fraction of sp³-hybridized carbons (Fsp3) is 0.538. The van der Waals surface area contributed by atoms with Crippen LogP contribution in [0.3, 0.4) is 0 Å². The molecule has 0 aliphatic rings. The molecule has 0 amide bonds. The third kappa shape index (κ3) is 4.34. The molecule has 2 nitrogen and oxygen atoms in total. The van der Waals surface area contributed by atoms with Crippen LogP contribution in [0.4, 0.5) is 0 Å². The molecule has 0 aliphatic heterocycles. The van der Waals surface area contributed by atoms with E-state index in [4.69, 9.17) is 4.42 Å². The van der Waals surface area contributed by atoms with Crippen LogP contribution in [0.15, 0.2) is 28.4 Å². The first-order valence-electron chi connectivity index (χ1n) is 5.68. The summed E-state index contributed by atoms with van der Waals surface area (Å²) in [5.41, 5.74) is 1.39. The van der Waals surface area contributed by atoms with Crippen LogP contribution >= 0.6 is 0 Å². The Morgan fingerprint density at radius 3 is 2.87 bits per heavy atom. The van der Waals surface area contributed by atoms with E-state index < -0.39 is 0 Å². The molecule has 2 heteroatoms. The molecule has 0 bridgehead atoms. The maximum absolute atomic E-state index is 5.32. The maximum Gasteiger partial charge on any atom is 0.126 e. The third-order valence-electron chi connectivity index (χ3n) is 2.37. The van der Waals surface area contributed by atoms with E-state index in [1.165, 1.54) is 12.0 Å². The second-order valence-electron chi connectivity index (χ2n) is 4.07. The summed E-state index contributed by atoms with van der Waals surface area (Å²) in [6.07, 6.45) is 5.02. The largest absolute Gasteiger partial charge is 0.465 e. The van der Waals surface area contributed by atoms with Crippen molar-refractivity contribution >= 4 is 6.08 Å². The first-order chi connectivity index (χ1) is 7.24. The minimum absolute atomic E-state index is 0.555. The lowest BCUT2D eigenvalue weighted by molar-refractivity contribution is 0.554. The van der Waals surface area contributed by atoms with Gasteiger partial charge in [-0.2, -0.15) is 0 Å². The van der Waals surface area contributed by atoms with Gasteiger partial charge in [-0.25, -0.2) is 0 Å². The molecular formula is C13H21NO. The van der Waals surface area contributed by atoms with Crippen LogP contribution in [-0.2, 0) is 0 Å². The summed E-state index contributed by atoms with van der Waals surface area (Å²) < 4.78 is 5.32. The van der Waals surface area contributed by atoms with Crippen LogP contribution < -0.4 is 5.32 Å². The van der Waals surface area contributed by atoms with Gasteiger partial charge in [-0.3, -0.25) is 0 Å². The number of hydrogen-bond acceptors (Lipinski definition) is 2. The minimum atomic E-state index is 0.555. The molecular weight excluding hydrogens is 186 g/mol. The van der Waals surface area contributed by atoms with E-state index in [0.717, 1.165) is 18.8 Å². The van der Waals surface area contributed by atoms with E-state index in [9.17, 15) is 0 Å². The predicted molar refractivity (Wildman–Crippen MR) is 64.7 cm³/mol. The molecule has 0 radical (unpaired) electrons. The normalized spacial score (nSPS) is 12.4. The summed E-state index contributed by atoms with van der Waals surface area (Å²) in [5.74, 6) is 1.50. The SMILES string of the molecule is CCCNCC(=Cc1ccco1)C(C)C. The molecule has 0 aliphatic carbocycles. The van der Waals surface area contributed by atoms with Crippen LogP contribution in [0.25, 0.3) is 6.08 Å². The van der Waals surface area contributed by atoms with Gasteiger partial charge < -0.3 is 9.73 Å². The first-order valence-corrected chi connectivity index (χ1v) is 5.68. The molecule has 0 unspecified atom stereocenters. The van der Waals surface area contributed by atoms with E-state index in [1.807, 2.05) is 12.1 Å². The fourth-order valence-corrected chi connectivity index (χ4v) is 1.39. The smallest absolute Gasteiger partial charge is 0.126 e. The summed E-state index contributed by atoms with van der Waals surface area (Å²) in [6.45, 7) is 8.62. The van der Waals surface area contributed by atoms with Gasteiger partial charge in [-0.1, -0.05) is 26.3 Å². The van der Waals surface area contributed by atoms with Crippen molar-refractivity contribution in [3.05, 3.63) is 29.7 Å². The van der Waals surface area contributed by atoms with Gasteiger partial charge >= 0.3 is 0 Å². The van der Waals surface area contributed by atoms with Crippen LogP contribution in [-0.4, -0.2) is 13.1 Å². The summed E-state index contributed by atoms with van der Waals surface area (Å²) >= 11 is 0. The van der Waals surface area contributed by atoms with Crippen LogP contribution in [0.2, 0.25) is 0 Å². The topological polar surface area (TPSA) is 25.2 Å². The van der Waals surface area contributed by atoms with Crippen molar-refractivity contribution in [1.82, 2.24) is 5.32 Å². The quantitative estimate of drug-likeness (QED) is 0.724. The summed E-state index contributed by atoms with van der Waals surface area (Å²) in [5, 5.41) is 3.42. The Morgan fingerprint density at radius 2 is 2.33 bits per heavy atom. The summed E-state index contributed by atoms with van der Waals surface area (Å²) in [6, 6.07) is 3.91. The Labute approximate surface area is 92.4 Å². The van der Waals surface area contributed by atoms with E-state index >= 15 is 0 Å². The van der Waals surface area contributed by atoms with Crippen molar-refractivity contribution in [1.29, 1.82) is 0 Å². The molecule has 1 N–H and O–H groups in total. The second kappa shape index (κ2) is 6.46. The predicted octanol–water partition coefficient (Wildman–Crippen LogP) is 3.32. The molecule has 15 heavy (non-hydrogen) atoms. The van der Waals surface area contributed by atoms with Crippen molar-refractivity contribution in [2.24, 2.45) is 5.92 Å². The monoisotopic (exact) mass is 207 g/mol. The molecule has 0 saturated carbocycles. The van der Waals surface area contributed by atoms with Gasteiger partial charge in [-0.05, 0) is 37.1 Å². The lowest BCUT2D eigenvalue weighted by atomic mass is 10.0. The van der Waals surface area contributed by atoms with Gasteiger partial charge in [0.05, 0.1) is 6.26 Å². The van der Waals surface area contributed by atoms with Gasteiger partial charge in [0.25, 0.3) is 0 Å². The zero-order valence-corrected chi connectivity index (χ0v) is 9.92. The number of nitrogens with one attached hydrogen (secondary N) is 1. The van der Waals surface area contributed by atoms with Crippen molar-refractivity contribution in [2.75, 3.05) is 13.1 Å². The van der Waals surface area contributed by atoms with Gasteiger partial charge in [0.15, 0.2) is 0 Å². The van der Waals surface area contributed by atoms with Crippen LogP contribution in [0.1, 0.15) is 33.0 Å². The Bertz CT molecular complexity index is 285. The van der Waals surface area contributed by atoms with Gasteiger partial charge in [0.2, 0.25) is 0 Å². The van der Waals surface area contributed by atoms with Crippen LogP contribution in [0.5, 0.6) is 0 Å². The number of furan rings is 1. The number of rotatable bonds is 6. The lowest BCUT2D eigenvalue weighted by Crippen LogP contribution is -2.19. The standard InChI is InChI=1S/C13H21NO/c1-4-7-14-10-12(11(2)3)9-13-6-5-8-15-13/h5-6,8-9,11,14H,4,7,10H2,1-3H3. The molecule has 0 atom stereocenters. The van der Waals surface area contributed by atoms with Crippen molar-refractivity contribution in [2.45, 2.75) is 27.2 Å². The summed E-state index contributed by atoms with van der Waals surface area (Å²) in [4.78, 5) is 0. The van der Waals surface area contributed by atoms with Gasteiger partial charge in [0.1, 0.15) is 5.76 Å². The molecule has 84 valence electrons. The van der Waals surface area contributed by atoms with Gasteiger partial charge in [-0.15, -0.1) is 0 Å².